The van der Waals surface area contributed by atoms with Gasteiger partial charge in [0.1, 0.15) is 0 Å². The van der Waals surface area contributed by atoms with Gasteiger partial charge in [-0.25, -0.2) is 0 Å². The summed E-state index contributed by atoms with van der Waals surface area (Å²) >= 11 is 0. The molecular weight excluding hydrogens is 196 g/mol. The summed E-state index contributed by atoms with van der Waals surface area (Å²) < 4.78 is 0. The molecule has 1 saturated heterocycles. The zero-order chi connectivity index (χ0) is 11.6. The van der Waals surface area contributed by atoms with Gasteiger partial charge in [0.25, 0.3) is 0 Å². The highest BCUT2D eigenvalue weighted by Gasteiger charge is 2.44. The van der Waals surface area contributed by atoms with Crippen molar-refractivity contribution < 1.29 is 0 Å². The van der Waals surface area contributed by atoms with Crippen molar-refractivity contribution >= 4 is 0 Å². The molecule has 0 aromatic carbocycles. The Hall–Kier alpha value is -0.0800. The summed E-state index contributed by atoms with van der Waals surface area (Å²) in [5.74, 6) is 1.80. The smallest absolute Gasteiger partial charge is 0.0124 e. The van der Waals surface area contributed by atoms with E-state index in [1.165, 1.54) is 45.3 Å². The van der Waals surface area contributed by atoms with Gasteiger partial charge in [-0.1, -0.05) is 20.8 Å². The van der Waals surface area contributed by atoms with Crippen molar-refractivity contribution in [3.05, 3.63) is 0 Å². The summed E-state index contributed by atoms with van der Waals surface area (Å²) in [4.78, 5) is 0. The lowest BCUT2D eigenvalue weighted by Crippen LogP contribution is -2.34. The average molecular weight is 224 g/mol. The monoisotopic (exact) mass is 224 g/mol. The van der Waals surface area contributed by atoms with E-state index < -0.39 is 0 Å². The van der Waals surface area contributed by atoms with Crippen LogP contribution in [0.3, 0.4) is 0 Å². The van der Waals surface area contributed by atoms with E-state index in [0.29, 0.717) is 5.41 Å². The maximum atomic E-state index is 3.70. The highest BCUT2D eigenvalue weighted by atomic mass is 15.0. The molecule has 0 spiro atoms. The molecule has 16 heavy (non-hydrogen) atoms. The second-order valence-corrected chi connectivity index (χ2v) is 6.57. The normalized spacial score (nSPS) is 34.7. The lowest BCUT2D eigenvalue weighted by molar-refractivity contribution is 0.265. The molecule has 0 aromatic rings. The number of nitrogens with one attached hydrogen (secondary N) is 2. The minimum Gasteiger partial charge on any atom is -0.316 e. The molecule has 0 radical (unpaired) electrons. The molecule has 0 aromatic heterocycles. The minimum absolute atomic E-state index is 0.579. The number of hydrogen-bond donors (Lipinski definition) is 2. The van der Waals surface area contributed by atoms with E-state index in [1.807, 2.05) is 0 Å². The summed E-state index contributed by atoms with van der Waals surface area (Å²) in [7, 11) is 0. The minimum atomic E-state index is 0.579. The second kappa shape index (κ2) is 5.05. The molecule has 2 nitrogen and oxygen atoms in total. The molecule has 2 aliphatic rings. The van der Waals surface area contributed by atoms with Gasteiger partial charge < -0.3 is 10.6 Å². The Labute approximate surface area is 101 Å². The predicted molar refractivity (Wildman–Crippen MR) is 69.6 cm³/mol. The number of hydrogen-bond acceptors (Lipinski definition) is 2. The topological polar surface area (TPSA) is 24.1 Å². The van der Waals surface area contributed by atoms with Gasteiger partial charge in [0, 0.05) is 6.04 Å². The van der Waals surface area contributed by atoms with Crippen molar-refractivity contribution in [3.8, 4) is 0 Å². The van der Waals surface area contributed by atoms with Crippen LogP contribution in [-0.4, -0.2) is 25.7 Å². The molecule has 1 heterocycles. The van der Waals surface area contributed by atoms with Crippen LogP contribution in [0.5, 0.6) is 0 Å². The van der Waals surface area contributed by atoms with Crippen LogP contribution in [-0.2, 0) is 0 Å². The summed E-state index contributed by atoms with van der Waals surface area (Å²) in [6, 6.07) is 0.796. The maximum Gasteiger partial charge on any atom is 0.0124 e. The largest absolute Gasteiger partial charge is 0.316 e. The van der Waals surface area contributed by atoms with Crippen molar-refractivity contribution in [2.45, 2.75) is 52.5 Å². The van der Waals surface area contributed by atoms with Gasteiger partial charge in [0.2, 0.25) is 0 Å². The lowest BCUT2D eigenvalue weighted by Gasteiger charge is -2.28. The Morgan fingerprint density at radius 1 is 1.44 bits per heavy atom. The highest BCUT2D eigenvalue weighted by molar-refractivity contribution is 5.01. The first kappa shape index (κ1) is 12.4. The second-order valence-electron chi connectivity index (χ2n) is 6.57. The molecule has 94 valence electrons. The van der Waals surface area contributed by atoms with Crippen molar-refractivity contribution in [2.75, 3.05) is 19.6 Å². The van der Waals surface area contributed by atoms with E-state index in [1.54, 1.807) is 0 Å². The van der Waals surface area contributed by atoms with E-state index in [4.69, 9.17) is 0 Å². The Bertz CT molecular complexity index is 219. The van der Waals surface area contributed by atoms with Crippen LogP contribution in [0.15, 0.2) is 0 Å². The van der Waals surface area contributed by atoms with Crippen molar-refractivity contribution in [1.29, 1.82) is 0 Å². The first-order chi connectivity index (χ1) is 7.59. The third-order valence-electron chi connectivity index (χ3n) is 4.64. The standard InChI is InChI=1S/C14H28N2/c1-11(12-5-4-7-15-10-12)6-8-16-13-9-14(13,2)3/h11-13,15-16H,4-10H2,1-3H3. The van der Waals surface area contributed by atoms with Gasteiger partial charge in [0.05, 0.1) is 0 Å². The van der Waals surface area contributed by atoms with Crippen LogP contribution in [0, 0.1) is 17.3 Å². The van der Waals surface area contributed by atoms with Gasteiger partial charge in [-0.3, -0.25) is 0 Å². The van der Waals surface area contributed by atoms with Gasteiger partial charge >= 0.3 is 0 Å². The molecule has 0 bridgehead atoms. The Morgan fingerprint density at radius 2 is 2.19 bits per heavy atom. The molecule has 1 aliphatic carbocycles. The molecule has 1 aliphatic heterocycles. The molecule has 0 amide bonds. The SMILES string of the molecule is CC(CCNC1CC1(C)C)C1CCCNC1. The first-order valence-corrected chi connectivity index (χ1v) is 7.04. The molecule has 1 saturated carbocycles. The molecule has 2 fully saturated rings. The van der Waals surface area contributed by atoms with E-state index >= 15 is 0 Å². The fourth-order valence-corrected chi connectivity index (χ4v) is 2.90. The summed E-state index contributed by atoms with van der Waals surface area (Å²) in [6.45, 7) is 10.8. The Balaban J connectivity index is 1.58. The van der Waals surface area contributed by atoms with Crippen LogP contribution in [0.1, 0.15) is 46.5 Å². The number of rotatable bonds is 5. The predicted octanol–water partition coefficient (Wildman–Crippen LogP) is 2.40. The molecule has 3 atom stereocenters. The zero-order valence-electron chi connectivity index (χ0n) is 11.2. The van der Waals surface area contributed by atoms with E-state index in [2.05, 4.69) is 31.4 Å². The Kier molecular flexibility index (Phi) is 3.91. The van der Waals surface area contributed by atoms with Crippen LogP contribution < -0.4 is 10.6 Å². The van der Waals surface area contributed by atoms with Crippen molar-refractivity contribution in [2.24, 2.45) is 17.3 Å². The van der Waals surface area contributed by atoms with Gasteiger partial charge in [-0.2, -0.15) is 0 Å². The van der Waals surface area contributed by atoms with Gasteiger partial charge in [-0.15, -0.1) is 0 Å². The lowest BCUT2D eigenvalue weighted by atomic mass is 9.85. The van der Waals surface area contributed by atoms with E-state index in [-0.39, 0.29) is 0 Å². The molecule has 2 N–H and O–H groups in total. The fraction of sp³-hybridized carbons (Fsp3) is 1.00. The number of piperidine rings is 1. The Morgan fingerprint density at radius 3 is 2.75 bits per heavy atom. The quantitative estimate of drug-likeness (QED) is 0.749. The highest BCUT2D eigenvalue weighted by Crippen LogP contribution is 2.44. The van der Waals surface area contributed by atoms with Gasteiger partial charge in [0.15, 0.2) is 0 Å². The first-order valence-electron chi connectivity index (χ1n) is 7.04. The summed E-state index contributed by atoms with van der Waals surface area (Å²) in [6.07, 6.45) is 5.52. The average Bonchev–Trinajstić information content (AvgIpc) is 2.87. The molecule has 2 heteroatoms. The molecule has 3 unspecified atom stereocenters. The molecular formula is C14H28N2. The summed E-state index contributed by atoms with van der Waals surface area (Å²) in [5, 5.41) is 7.22. The van der Waals surface area contributed by atoms with Crippen LogP contribution in [0.4, 0.5) is 0 Å². The van der Waals surface area contributed by atoms with Gasteiger partial charge in [-0.05, 0) is 62.6 Å². The van der Waals surface area contributed by atoms with Crippen LogP contribution >= 0.6 is 0 Å². The molecule has 2 rings (SSSR count). The summed E-state index contributed by atoms with van der Waals surface area (Å²) in [5.41, 5.74) is 0.579. The fourth-order valence-electron chi connectivity index (χ4n) is 2.90. The van der Waals surface area contributed by atoms with E-state index in [0.717, 1.165) is 17.9 Å². The van der Waals surface area contributed by atoms with Crippen molar-refractivity contribution in [3.63, 3.8) is 0 Å². The van der Waals surface area contributed by atoms with E-state index in [9.17, 15) is 0 Å². The van der Waals surface area contributed by atoms with Crippen molar-refractivity contribution in [1.82, 2.24) is 10.6 Å². The third-order valence-corrected chi connectivity index (χ3v) is 4.64. The van der Waals surface area contributed by atoms with Crippen LogP contribution in [0.2, 0.25) is 0 Å². The zero-order valence-corrected chi connectivity index (χ0v) is 11.2. The third kappa shape index (κ3) is 3.21. The van der Waals surface area contributed by atoms with Crippen LogP contribution in [0.25, 0.3) is 0 Å². The maximum absolute atomic E-state index is 3.70.